The molecule has 0 saturated carbocycles. The highest BCUT2D eigenvalue weighted by Crippen LogP contribution is 2.25. The molecule has 41 heavy (non-hydrogen) atoms. The predicted molar refractivity (Wildman–Crippen MR) is 150 cm³/mol. The van der Waals surface area contributed by atoms with Gasteiger partial charge in [0.05, 0.1) is 12.6 Å². The number of carboxylic acids is 1. The number of carbonyl (C=O) groups excluding carboxylic acids is 4. The summed E-state index contributed by atoms with van der Waals surface area (Å²) >= 11 is 0. The number of nitrogens with one attached hydrogen (secondary N) is 2. The number of ether oxygens (including phenoxy) is 1. The highest BCUT2D eigenvalue weighted by molar-refractivity contribution is 6.01. The monoisotopic (exact) mass is 570 g/mol. The quantitative estimate of drug-likeness (QED) is 0.268. The minimum atomic E-state index is -2.05. The van der Waals surface area contributed by atoms with E-state index in [0.717, 1.165) is 0 Å². The van der Waals surface area contributed by atoms with E-state index in [1.165, 1.54) is 26.0 Å². The zero-order valence-corrected chi connectivity index (χ0v) is 23.8. The van der Waals surface area contributed by atoms with Crippen LogP contribution in [-0.2, 0) is 36.8 Å². The van der Waals surface area contributed by atoms with Gasteiger partial charge in [0.2, 0.25) is 11.8 Å². The molecule has 0 heterocycles. The van der Waals surface area contributed by atoms with Gasteiger partial charge < -0.3 is 31.3 Å². The van der Waals surface area contributed by atoms with Crippen LogP contribution in [-0.4, -0.2) is 74.7 Å². The first kappa shape index (κ1) is 32.8. The lowest BCUT2D eigenvalue weighted by atomic mass is 9.91. The number of phenols is 1. The van der Waals surface area contributed by atoms with Crippen LogP contribution in [0.5, 0.6) is 5.75 Å². The number of amides is 4. The van der Waals surface area contributed by atoms with Crippen LogP contribution in [0.1, 0.15) is 45.7 Å². The van der Waals surface area contributed by atoms with Crippen LogP contribution >= 0.6 is 0 Å². The van der Waals surface area contributed by atoms with Gasteiger partial charge in [-0.2, -0.15) is 0 Å². The van der Waals surface area contributed by atoms with Crippen molar-refractivity contribution in [3.8, 4) is 5.75 Å². The molecule has 2 aromatic carbocycles. The van der Waals surface area contributed by atoms with E-state index >= 15 is 0 Å². The molecule has 0 radical (unpaired) electrons. The summed E-state index contributed by atoms with van der Waals surface area (Å²) in [5, 5.41) is 24.3. The number of nitrogens with two attached hydrogens (primary N) is 1. The van der Waals surface area contributed by atoms with E-state index in [4.69, 9.17) is 10.5 Å². The van der Waals surface area contributed by atoms with Crippen molar-refractivity contribution in [3.63, 3.8) is 0 Å². The molecule has 4 amide bonds. The van der Waals surface area contributed by atoms with Crippen LogP contribution < -0.4 is 16.4 Å². The fourth-order valence-electron chi connectivity index (χ4n) is 3.89. The van der Waals surface area contributed by atoms with Crippen LogP contribution in [0.15, 0.2) is 54.6 Å². The number of rotatable bonds is 11. The summed E-state index contributed by atoms with van der Waals surface area (Å²) in [4.78, 5) is 64.6. The molecule has 0 aliphatic heterocycles. The Bertz CT molecular complexity index is 1240. The lowest BCUT2D eigenvalue weighted by Crippen LogP contribution is -2.62. The van der Waals surface area contributed by atoms with Gasteiger partial charge in [-0.25, -0.2) is 14.5 Å². The Labute approximate surface area is 238 Å². The molecule has 2 aromatic rings. The summed E-state index contributed by atoms with van der Waals surface area (Å²) in [6.45, 7) is 6.58. The van der Waals surface area contributed by atoms with Gasteiger partial charge in [-0.1, -0.05) is 42.5 Å². The van der Waals surface area contributed by atoms with Crippen molar-refractivity contribution in [2.45, 2.75) is 70.7 Å². The number of carboxylic acid groups (broad SMARTS) is 1. The molecule has 2 rings (SSSR count). The standard InChI is InChI=1S/C29H38N4O8/c1-18(32-25(37)22(30)15-19-11-13-21(34)14-12-19)24(36)31-17-23(35)33(27(40)41-28(2,3)4)29(5,26(38)39)16-20-9-7-6-8-10-20/h6-14,18,22,34H,15-17,30H2,1-5H3,(H,31,36)(H,32,37)(H,38,39)/t18-,22+,29+/m1/s1. The minimum Gasteiger partial charge on any atom is -0.508 e. The Morgan fingerprint density at radius 1 is 0.927 bits per heavy atom. The average molecular weight is 571 g/mol. The molecule has 12 nitrogen and oxygen atoms in total. The first-order valence-electron chi connectivity index (χ1n) is 13.0. The summed E-state index contributed by atoms with van der Waals surface area (Å²) in [5.41, 5.74) is 4.12. The van der Waals surface area contributed by atoms with Gasteiger partial charge >= 0.3 is 12.1 Å². The molecule has 0 spiro atoms. The van der Waals surface area contributed by atoms with Crippen molar-refractivity contribution in [1.82, 2.24) is 15.5 Å². The SMILES string of the molecule is C[C@@H](NC(=O)[C@@H](N)Cc1ccc(O)cc1)C(=O)NCC(=O)N(C(=O)OC(C)(C)C)[C@@](C)(Cc1ccccc1)C(=O)O. The Hall–Kier alpha value is -4.45. The zero-order valence-electron chi connectivity index (χ0n) is 23.8. The molecule has 12 heteroatoms. The highest BCUT2D eigenvalue weighted by Gasteiger charge is 2.48. The molecule has 0 saturated heterocycles. The Morgan fingerprint density at radius 3 is 2.05 bits per heavy atom. The molecule has 0 fully saturated rings. The number of aromatic hydroxyl groups is 1. The minimum absolute atomic E-state index is 0.0700. The Balaban J connectivity index is 2.13. The van der Waals surface area contributed by atoms with Crippen LogP contribution in [0.3, 0.4) is 0 Å². The topological polar surface area (TPSA) is 188 Å². The lowest BCUT2D eigenvalue weighted by Gasteiger charge is -2.37. The van der Waals surface area contributed by atoms with Crippen LogP contribution in [0.25, 0.3) is 0 Å². The molecular weight excluding hydrogens is 532 g/mol. The Morgan fingerprint density at radius 2 is 1.51 bits per heavy atom. The van der Waals surface area contributed by atoms with E-state index in [0.29, 0.717) is 16.0 Å². The average Bonchev–Trinajstić information content (AvgIpc) is 2.87. The van der Waals surface area contributed by atoms with E-state index < -0.39 is 59.6 Å². The fraction of sp³-hybridized carbons (Fsp3) is 0.414. The van der Waals surface area contributed by atoms with E-state index in [1.54, 1.807) is 63.2 Å². The van der Waals surface area contributed by atoms with Crippen molar-refractivity contribution in [2.24, 2.45) is 5.73 Å². The number of phenolic OH excluding ortho intramolecular Hbond substituents is 1. The summed E-state index contributed by atoms with van der Waals surface area (Å²) in [6.07, 6.45) is -1.24. The van der Waals surface area contributed by atoms with Crippen molar-refractivity contribution in [3.05, 3.63) is 65.7 Å². The first-order valence-corrected chi connectivity index (χ1v) is 13.0. The summed E-state index contributed by atoms with van der Waals surface area (Å²) in [7, 11) is 0. The van der Waals surface area contributed by atoms with Crippen molar-refractivity contribution in [1.29, 1.82) is 0 Å². The van der Waals surface area contributed by atoms with E-state index in [9.17, 15) is 34.2 Å². The second-order valence-electron chi connectivity index (χ2n) is 10.9. The molecule has 0 unspecified atom stereocenters. The largest absolute Gasteiger partial charge is 0.508 e. The number of nitrogens with zero attached hydrogens (tertiary/aromatic N) is 1. The molecule has 222 valence electrons. The predicted octanol–water partition coefficient (Wildman–Crippen LogP) is 1.73. The highest BCUT2D eigenvalue weighted by atomic mass is 16.6. The van der Waals surface area contributed by atoms with Crippen LogP contribution in [0.4, 0.5) is 4.79 Å². The number of hydrogen-bond donors (Lipinski definition) is 5. The number of carbonyl (C=O) groups is 5. The second kappa shape index (κ2) is 13.8. The van der Waals surface area contributed by atoms with E-state index in [-0.39, 0.29) is 18.6 Å². The maximum Gasteiger partial charge on any atom is 0.418 e. The number of benzene rings is 2. The van der Waals surface area contributed by atoms with Gasteiger partial charge in [0, 0.05) is 6.42 Å². The van der Waals surface area contributed by atoms with Gasteiger partial charge in [-0.15, -0.1) is 0 Å². The summed E-state index contributed by atoms with van der Waals surface area (Å²) < 4.78 is 5.35. The first-order chi connectivity index (χ1) is 19.0. The van der Waals surface area contributed by atoms with Gasteiger partial charge in [0.15, 0.2) is 5.54 Å². The van der Waals surface area contributed by atoms with Crippen LogP contribution in [0.2, 0.25) is 0 Å². The lowest BCUT2D eigenvalue weighted by molar-refractivity contribution is -0.157. The van der Waals surface area contributed by atoms with E-state index in [2.05, 4.69) is 10.6 Å². The third kappa shape index (κ3) is 9.60. The van der Waals surface area contributed by atoms with Crippen molar-refractivity contribution < 1.29 is 38.9 Å². The van der Waals surface area contributed by atoms with E-state index in [1.807, 2.05) is 0 Å². The number of imide groups is 1. The van der Waals surface area contributed by atoms with Crippen LogP contribution in [0, 0.1) is 0 Å². The number of aliphatic carboxylic acids is 1. The number of hydrogen-bond acceptors (Lipinski definition) is 8. The van der Waals surface area contributed by atoms with Gasteiger partial charge in [0.1, 0.15) is 17.4 Å². The third-order valence-corrected chi connectivity index (χ3v) is 6.07. The molecular formula is C29H38N4O8. The van der Waals surface area contributed by atoms with Gasteiger partial charge in [-0.3, -0.25) is 14.4 Å². The zero-order chi connectivity index (χ0) is 31.0. The molecule has 6 N–H and O–H groups in total. The molecule has 0 bridgehead atoms. The molecule has 0 aliphatic rings. The van der Waals surface area contributed by atoms with Crippen molar-refractivity contribution in [2.75, 3.05) is 6.54 Å². The maximum atomic E-state index is 13.3. The smallest absolute Gasteiger partial charge is 0.418 e. The summed E-state index contributed by atoms with van der Waals surface area (Å²) in [5.74, 6) is -3.77. The molecule has 3 atom stereocenters. The summed E-state index contributed by atoms with van der Waals surface area (Å²) in [6, 6.07) is 12.5. The fourth-order valence-corrected chi connectivity index (χ4v) is 3.89. The molecule has 0 aliphatic carbocycles. The normalized spacial score (nSPS) is 14.1. The third-order valence-electron chi connectivity index (χ3n) is 6.07. The van der Waals surface area contributed by atoms with Crippen molar-refractivity contribution >= 4 is 29.8 Å². The molecule has 0 aromatic heterocycles. The van der Waals surface area contributed by atoms with Gasteiger partial charge in [0.25, 0.3) is 5.91 Å². The second-order valence-corrected chi connectivity index (χ2v) is 10.9. The maximum absolute atomic E-state index is 13.3. The Kier molecular flexibility index (Phi) is 11.0. The van der Waals surface area contributed by atoms with Gasteiger partial charge in [-0.05, 0) is 64.3 Å².